The van der Waals surface area contributed by atoms with Gasteiger partial charge in [-0.3, -0.25) is 0 Å². The molecule has 0 saturated heterocycles. The number of aromatic nitrogens is 1. The summed E-state index contributed by atoms with van der Waals surface area (Å²) >= 11 is 0. The minimum absolute atomic E-state index is 0.0146. The topological polar surface area (TPSA) is 19.1 Å². The van der Waals surface area contributed by atoms with Gasteiger partial charge in [-0.1, -0.05) is 24.3 Å². The Morgan fingerprint density at radius 1 is 0.963 bits per heavy atom. The normalized spacial score (nSPS) is 15.6. The molecule has 136 valence electrons. The lowest BCUT2D eigenvalue weighted by molar-refractivity contribution is -0.401. The lowest BCUT2D eigenvalue weighted by Gasteiger charge is -2.15. The number of anilines is 1. The van der Waals surface area contributed by atoms with E-state index in [-0.39, 0.29) is 5.41 Å². The van der Waals surface area contributed by atoms with Crippen LogP contribution in [0.4, 0.5) is 11.4 Å². The maximum absolute atomic E-state index is 4.82. The van der Waals surface area contributed by atoms with E-state index in [4.69, 9.17) is 4.98 Å². The highest BCUT2D eigenvalue weighted by Gasteiger charge is 2.42. The highest BCUT2D eigenvalue weighted by molar-refractivity contribution is 6.05. The van der Waals surface area contributed by atoms with Gasteiger partial charge in [-0.15, -0.1) is 0 Å². The summed E-state index contributed by atoms with van der Waals surface area (Å²) in [6.07, 6.45) is 4.33. The maximum Gasteiger partial charge on any atom is 0.209 e. The van der Waals surface area contributed by atoms with Crippen LogP contribution in [-0.4, -0.2) is 36.4 Å². The Morgan fingerprint density at radius 3 is 2.48 bits per heavy atom. The number of pyridine rings is 1. The predicted octanol–water partition coefficient (Wildman–Crippen LogP) is 5.02. The fourth-order valence-corrected chi connectivity index (χ4v) is 3.97. The molecular formula is C24H26N3+. The molecule has 0 radical (unpaired) electrons. The number of nitrogens with zero attached hydrogens (tertiary/aromatic N) is 3. The zero-order chi connectivity index (χ0) is 19.2. The van der Waals surface area contributed by atoms with Gasteiger partial charge in [0, 0.05) is 42.9 Å². The van der Waals surface area contributed by atoms with Crippen molar-refractivity contribution in [3.63, 3.8) is 0 Å². The van der Waals surface area contributed by atoms with Gasteiger partial charge in [-0.2, -0.15) is 4.58 Å². The first-order valence-electron chi connectivity index (χ1n) is 9.35. The minimum atomic E-state index is -0.0146. The number of hydrogen-bond donors (Lipinski definition) is 0. The predicted molar refractivity (Wildman–Crippen MR) is 115 cm³/mol. The number of rotatable bonds is 3. The van der Waals surface area contributed by atoms with E-state index in [1.54, 1.807) is 0 Å². The molecule has 2 heterocycles. The van der Waals surface area contributed by atoms with E-state index in [2.05, 4.69) is 111 Å². The van der Waals surface area contributed by atoms with Crippen molar-refractivity contribution in [1.82, 2.24) is 4.98 Å². The van der Waals surface area contributed by atoms with Crippen LogP contribution in [0.1, 0.15) is 25.1 Å². The Labute approximate surface area is 161 Å². The first-order chi connectivity index (χ1) is 12.9. The van der Waals surface area contributed by atoms with Crippen LogP contribution in [0.3, 0.4) is 0 Å². The molecule has 1 aliphatic heterocycles. The van der Waals surface area contributed by atoms with E-state index < -0.39 is 0 Å². The van der Waals surface area contributed by atoms with Crippen molar-refractivity contribution in [2.24, 2.45) is 0 Å². The molecule has 0 bridgehead atoms. The molecule has 1 aliphatic rings. The number of allylic oxidation sites excluding steroid dienone is 1. The second-order valence-electron chi connectivity index (χ2n) is 7.93. The molecule has 0 aliphatic carbocycles. The Balaban J connectivity index is 1.69. The van der Waals surface area contributed by atoms with Crippen molar-refractivity contribution in [3.05, 3.63) is 71.9 Å². The van der Waals surface area contributed by atoms with E-state index in [0.717, 1.165) is 16.6 Å². The third kappa shape index (κ3) is 2.93. The molecule has 3 heteroatoms. The number of benzene rings is 2. The smallest absolute Gasteiger partial charge is 0.209 e. The summed E-state index contributed by atoms with van der Waals surface area (Å²) in [7, 11) is 6.26. The van der Waals surface area contributed by atoms with Crippen LogP contribution < -0.4 is 4.90 Å². The monoisotopic (exact) mass is 356 g/mol. The molecule has 3 aromatic rings. The third-order valence-corrected chi connectivity index (χ3v) is 5.56. The summed E-state index contributed by atoms with van der Waals surface area (Å²) in [5, 5.41) is 1.16. The van der Waals surface area contributed by atoms with Crippen molar-refractivity contribution >= 4 is 34.1 Å². The number of para-hydroxylation sites is 1. The molecule has 0 amide bonds. The molecule has 0 fully saturated rings. The Morgan fingerprint density at radius 2 is 1.74 bits per heavy atom. The van der Waals surface area contributed by atoms with Gasteiger partial charge in [0.25, 0.3) is 0 Å². The molecule has 2 aromatic carbocycles. The molecule has 0 N–H and O–H groups in total. The molecule has 27 heavy (non-hydrogen) atoms. The van der Waals surface area contributed by atoms with Crippen molar-refractivity contribution < 1.29 is 4.58 Å². The van der Waals surface area contributed by atoms with Gasteiger partial charge in [0.15, 0.2) is 5.71 Å². The first-order valence-corrected chi connectivity index (χ1v) is 9.35. The van der Waals surface area contributed by atoms with Gasteiger partial charge in [0.1, 0.15) is 7.05 Å². The van der Waals surface area contributed by atoms with E-state index in [1.165, 1.54) is 22.6 Å². The fraction of sp³-hybridized carbons (Fsp3) is 0.250. The van der Waals surface area contributed by atoms with Gasteiger partial charge in [-0.25, -0.2) is 4.98 Å². The average molecular weight is 356 g/mol. The van der Waals surface area contributed by atoms with Gasteiger partial charge >= 0.3 is 0 Å². The van der Waals surface area contributed by atoms with Crippen LogP contribution in [0.2, 0.25) is 0 Å². The number of hydrogen-bond acceptors (Lipinski definition) is 2. The number of fused-ring (bicyclic) bond motifs is 2. The van der Waals surface area contributed by atoms with Crippen molar-refractivity contribution in [1.29, 1.82) is 0 Å². The van der Waals surface area contributed by atoms with Gasteiger partial charge in [0.2, 0.25) is 5.69 Å². The van der Waals surface area contributed by atoms with Crippen LogP contribution in [0, 0.1) is 0 Å². The highest BCUT2D eigenvalue weighted by Crippen LogP contribution is 2.39. The second kappa shape index (κ2) is 6.34. The summed E-state index contributed by atoms with van der Waals surface area (Å²) in [5.74, 6) is 0. The summed E-state index contributed by atoms with van der Waals surface area (Å²) < 4.78 is 2.29. The van der Waals surface area contributed by atoms with E-state index in [0.29, 0.717) is 0 Å². The quantitative estimate of drug-likeness (QED) is 0.614. The highest BCUT2D eigenvalue weighted by atomic mass is 15.1. The summed E-state index contributed by atoms with van der Waals surface area (Å²) in [5.41, 5.74) is 7.12. The molecule has 0 unspecified atom stereocenters. The molecule has 1 aromatic heterocycles. The lowest BCUT2D eigenvalue weighted by atomic mass is 9.81. The molecular weight excluding hydrogens is 330 g/mol. The van der Waals surface area contributed by atoms with Crippen molar-refractivity contribution in [2.75, 3.05) is 26.0 Å². The minimum Gasteiger partial charge on any atom is -0.378 e. The Bertz CT molecular complexity index is 1090. The van der Waals surface area contributed by atoms with Crippen molar-refractivity contribution in [3.8, 4) is 0 Å². The first kappa shape index (κ1) is 17.5. The van der Waals surface area contributed by atoms with Crippen LogP contribution in [0.15, 0.2) is 60.7 Å². The zero-order valence-electron chi connectivity index (χ0n) is 16.7. The summed E-state index contributed by atoms with van der Waals surface area (Å²) in [6.45, 7) is 4.57. The van der Waals surface area contributed by atoms with Crippen LogP contribution in [0.5, 0.6) is 0 Å². The van der Waals surface area contributed by atoms with Crippen LogP contribution in [-0.2, 0) is 5.41 Å². The fourth-order valence-electron chi connectivity index (χ4n) is 3.97. The van der Waals surface area contributed by atoms with E-state index in [1.807, 2.05) is 0 Å². The SMILES string of the molecule is CN(C)c1ccc2nc(C=CC3=[N+](C)c4ccccc4C3(C)C)ccc2c1. The molecule has 0 saturated carbocycles. The maximum atomic E-state index is 4.82. The lowest BCUT2D eigenvalue weighted by Crippen LogP contribution is -2.26. The third-order valence-electron chi connectivity index (χ3n) is 5.56. The summed E-state index contributed by atoms with van der Waals surface area (Å²) in [4.78, 5) is 6.93. The largest absolute Gasteiger partial charge is 0.378 e. The van der Waals surface area contributed by atoms with E-state index >= 15 is 0 Å². The Kier molecular flexibility index (Phi) is 4.11. The van der Waals surface area contributed by atoms with Gasteiger partial charge in [-0.05, 0) is 44.2 Å². The molecule has 4 rings (SSSR count). The van der Waals surface area contributed by atoms with Crippen LogP contribution >= 0.6 is 0 Å². The van der Waals surface area contributed by atoms with Crippen molar-refractivity contribution in [2.45, 2.75) is 19.3 Å². The summed E-state index contributed by atoms with van der Waals surface area (Å²) in [6, 6.07) is 19.3. The standard InChI is InChI=1S/C24H26N3/c1-24(2)20-8-6-7-9-22(20)27(5)23(24)15-12-18-11-10-17-16-19(26(3)4)13-14-21(17)25-18/h6-16H,1-5H3/q+1. The Hall–Kier alpha value is -2.94. The molecule has 0 spiro atoms. The van der Waals surface area contributed by atoms with Gasteiger partial charge < -0.3 is 4.90 Å². The second-order valence-corrected chi connectivity index (χ2v) is 7.93. The molecule has 3 nitrogen and oxygen atoms in total. The average Bonchev–Trinajstić information content (AvgIpc) is 2.86. The van der Waals surface area contributed by atoms with Gasteiger partial charge in [0.05, 0.1) is 16.6 Å². The molecule has 0 atom stereocenters. The van der Waals surface area contributed by atoms with Crippen LogP contribution in [0.25, 0.3) is 17.0 Å². The zero-order valence-corrected chi connectivity index (χ0v) is 16.7. The van der Waals surface area contributed by atoms with E-state index in [9.17, 15) is 0 Å².